The molecule has 1 aromatic carbocycles. The first-order chi connectivity index (χ1) is 7.36. The summed E-state index contributed by atoms with van der Waals surface area (Å²) in [6.07, 6.45) is 2.63. The molecule has 0 saturated carbocycles. The number of benzene rings is 1. The van der Waals surface area contributed by atoms with Crippen molar-refractivity contribution < 1.29 is 4.74 Å². The molecule has 0 amide bonds. The van der Waals surface area contributed by atoms with Crippen molar-refractivity contribution in [2.45, 2.75) is 25.9 Å². The third kappa shape index (κ3) is 3.05. The normalized spacial score (nSPS) is 20.7. The molecule has 1 aliphatic rings. The fourth-order valence-electron chi connectivity index (χ4n) is 2.00. The van der Waals surface area contributed by atoms with Crippen LogP contribution in [0.5, 0.6) is 0 Å². The van der Waals surface area contributed by atoms with E-state index in [1.54, 1.807) is 0 Å². The van der Waals surface area contributed by atoms with Gasteiger partial charge in [-0.2, -0.15) is 0 Å². The van der Waals surface area contributed by atoms with Gasteiger partial charge in [-0.25, -0.2) is 0 Å². The van der Waals surface area contributed by atoms with Crippen LogP contribution in [0.2, 0.25) is 0 Å². The highest BCUT2D eigenvalue weighted by Crippen LogP contribution is 2.09. The number of hydrogen-bond acceptors (Lipinski definition) is 2. The predicted molar refractivity (Wildman–Crippen MR) is 62.1 cm³/mol. The first-order valence-corrected chi connectivity index (χ1v) is 5.73. The summed E-state index contributed by atoms with van der Waals surface area (Å²) in [5, 5.41) is 3.31. The SMILES string of the molecule is Cc1ccccc1CCOC1CCNC1. The molecule has 1 aliphatic heterocycles. The van der Waals surface area contributed by atoms with E-state index >= 15 is 0 Å². The average Bonchev–Trinajstić information content (AvgIpc) is 2.74. The average molecular weight is 205 g/mol. The molecule has 1 fully saturated rings. The van der Waals surface area contributed by atoms with E-state index in [9.17, 15) is 0 Å². The minimum Gasteiger partial charge on any atom is -0.377 e. The summed E-state index contributed by atoms with van der Waals surface area (Å²) in [6.45, 7) is 5.13. The lowest BCUT2D eigenvalue weighted by Gasteiger charge is -2.11. The van der Waals surface area contributed by atoms with E-state index in [1.165, 1.54) is 11.1 Å². The van der Waals surface area contributed by atoms with Gasteiger partial charge in [0.2, 0.25) is 0 Å². The molecule has 15 heavy (non-hydrogen) atoms. The molecule has 1 N–H and O–H groups in total. The summed E-state index contributed by atoms with van der Waals surface area (Å²) >= 11 is 0. The number of ether oxygens (including phenoxy) is 1. The monoisotopic (exact) mass is 205 g/mol. The molecule has 1 saturated heterocycles. The zero-order chi connectivity index (χ0) is 10.5. The standard InChI is InChI=1S/C13H19NO/c1-11-4-2-3-5-12(11)7-9-15-13-6-8-14-10-13/h2-5,13-14H,6-10H2,1H3. The maximum absolute atomic E-state index is 5.80. The topological polar surface area (TPSA) is 21.3 Å². The van der Waals surface area contributed by atoms with Crippen LogP contribution in [-0.2, 0) is 11.2 Å². The van der Waals surface area contributed by atoms with E-state index in [1.807, 2.05) is 0 Å². The van der Waals surface area contributed by atoms with Crippen LogP contribution >= 0.6 is 0 Å². The fourth-order valence-corrected chi connectivity index (χ4v) is 2.00. The van der Waals surface area contributed by atoms with Crippen LogP contribution in [0, 0.1) is 6.92 Å². The Kier molecular flexibility index (Phi) is 3.75. The van der Waals surface area contributed by atoms with E-state index in [2.05, 4.69) is 36.5 Å². The van der Waals surface area contributed by atoms with Gasteiger partial charge in [0, 0.05) is 6.54 Å². The summed E-state index contributed by atoms with van der Waals surface area (Å²) in [7, 11) is 0. The highest BCUT2D eigenvalue weighted by molar-refractivity contribution is 5.25. The molecule has 0 aromatic heterocycles. The Morgan fingerprint density at radius 1 is 1.40 bits per heavy atom. The van der Waals surface area contributed by atoms with Gasteiger partial charge in [0.05, 0.1) is 12.7 Å². The molecule has 82 valence electrons. The maximum Gasteiger partial charge on any atom is 0.0711 e. The van der Waals surface area contributed by atoms with Crippen molar-refractivity contribution >= 4 is 0 Å². The van der Waals surface area contributed by atoms with Gasteiger partial charge in [-0.3, -0.25) is 0 Å². The van der Waals surface area contributed by atoms with Gasteiger partial charge in [-0.1, -0.05) is 24.3 Å². The Bertz CT molecular complexity index is 305. The van der Waals surface area contributed by atoms with Crippen LogP contribution in [0.4, 0.5) is 0 Å². The zero-order valence-electron chi connectivity index (χ0n) is 9.33. The minimum absolute atomic E-state index is 0.439. The van der Waals surface area contributed by atoms with Gasteiger partial charge in [-0.15, -0.1) is 0 Å². The van der Waals surface area contributed by atoms with Gasteiger partial charge >= 0.3 is 0 Å². The molecular formula is C13H19NO. The van der Waals surface area contributed by atoms with E-state index in [0.29, 0.717) is 6.10 Å². The highest BCUT2D eigenvalue weighted by atomic mass is 16.5. The van der Waals surface area contributed by atoms with Crippen LogP contribution < -0.4 is 5.32 Å². The summed E-state index contributed by atoms with van der Waals surface area (Å²) < 4.78 is 5.80. The van der Waals surface area contributed by atoms with E-state index in [-0.39, 0.29) is 0 Å². The van der Waals surface area contributed by atoms with Crippen molar-refractivity contribution in [3.8, 4) is 0 Å². The Hall–Kier alpha value is -0.860. The zero-order valence-corrected chi connectivity index (χ0v) is 9.33. The van der Waals surface area contributed by atoms with Gasteiger partial charge < -0.3 is 10.1 Å². The second-order valence-corrected chi connectivity index (χ2v) is 4.16. The second kappa shape index (κ2) is 5.29. The molecule has 2 heteroatoms. The Morgan fingerprint density at radius 2 is 2.27 bits per heavy atom. The smallest absolute Gasteiger partial charge is 0.0711 e. The van der Waals surface area contributed by atoms with Crippen molar-refractivity contribution in [3.05, 3.63) is 35.4 Å². The van der Waals surface area contributed by atoms with E-state index < -0.39 is 0 Å². The molecule has 2 nitrogen and oxygen atoms in total. The van der Waals surface area contributed by atoms with Crippen molar-refractivity contribution in [1.82, 2.24) is 5.32 Å². The number of nitrogens with one attached hydrogen (secondary N) is 1. The third-order valence-corrected chi connectivity index (χ3v) is 3.00. The van der Waals surface area contributed by atoms with Crippen molar-refractivity contribution in [3.63, 3.8) is 0 Å². The molecule has 0 bridgehead atoms. The fraction of sp³-hybridized carbons (Fsp3) is 0.538. The lowest BCUT2D eigenvalue weighted by atomic mass is 10.1. The summed E-state index contributed by atoms with van der Waals surface area (Å²) in [5.41, 5.74) is 2.77. The quantitative estimate of drug-likeness (QED) is 0.811. The van der Waals surface area contributed by atoms with Crippen LogP contribution in [0.15, 0.2) is 24.3 Å². The lowest BCUT2D eigenvalue weighted by Crippen LogP contribution is -2.18. The molecule has 1 unspecified atom stereocenters. The lowest BCUT2D eigenvalue weighted by molar-refractivity contribution is 0.0694. The molecule has 0 aliphatic carbocycles. The van der Waals surface area contributed by atoms with Gasteiger partial charge in [-0.05, 0) is 37.4 Å². The van der Waals surface area contributed by atoms with Crippen LogP contribution in [-0.4, -0.2) is 25.8 Å². The molecule has 1 aromatic rings. The number of rotatable bonds is 4. The summed E-state index contributed by atoms with van der Waals surface area (Å²) in [4.78, 5) is 0. The van der Waals surface area contributed by atoms with Crippen LogP contribution in [0.25, 0.3) is 0 Å². The van der Waals surface area contributed by atoms with Gasteiger partial charge in [0.1, 0.15) is 0 Å². The van der Waals surface area contributed by atoms with Crippen molar-refractivity contribution in [1.29, 1.82) is 0 Å². The largest absolute Gasteiger partial charge is 0.377 e. The van der Waals surface area contributed by atoms with Crippen molar-refractivity contribution in [2.24, 2.45) is 0 Å². The molecule has 1 atom stereocenters. The molecule has 1 heterocycles. The Labute approximate surface area is 91.6 Å². The molecule has 0 spiro atoms. The molecule has 0 radical (unpaired) electrons. The Morgan fingerprint density at radius 3 is 3.00 bits per heavy atom. The molecular weight excluding hydrogens is 186 g/mol. The van der Waals surface area contributed by atoms with Crippen molar-refractivity contribution in [2.75, 3.05) is 19.7 Å². The van der Waals surface area contributed by atoms with Gasteiger partial charge in [0.25, 0.3) is 0 Å². The first kappa shape index (κ1) is 10.7. The summed E-state index contributed by atoms with van der Waals surface area (Å²) in [5.74, 6) is 0. The van der Waals surface area contributed by atoms with Crippen LogP contribution in [0.1, 0.15) is 17.5 Å². The van der Waals surface area contributed by atoms with Gasteiger partial charge in [0.15, 0.2) is 0 Å². The third-order valence-electron chi connectivity index (χ3n) is 3.00. The first-order valence-electron chi connectivity index (χ1n) is 5.73. The highest BCUT2D eigenvalue weighted by Gasteiger charge is 2.14. The Balaban J connectivity index is 1.75. The number of aryl methyl sites for hydroxylation is 1. The van der Waals surface area contributed by atoms with Crippen LogP contribution in [0.3, 0.4) is 0 Å². The molecule has 2 rings (SSSR count). The van der Waals surface area contributed by atoms with E-state index in [4.69, 9.17) is 4.74 Å². The maximum atomic E-state index is 5.80. The summed E-state index contributed by atoms with van der Waals surface area (Å²) in [6, 6.07) is 8.53. The minimum atomic E-state index is 0.439. The second-order valence-electron chi connectivity index (χ2n) is 4.16. The number of hydrogen-bond donors (Lipinski definition) is 1. The van der Waals surface area contributed by atoms with E-state index in [0.717, 1.165) is 32.5 Å². The predicted octanol–water partition coefficient (Wildman–Crippen LogP) is 1.92.